The molecule has 5 aromatic carbocycles. The van der Waals surface area contributed by atoms with Gasteiger partial charge in [-0.25, -0.2) is 19.9 Å². The molecule has 51 heavy (non-hydrogen) atoms. The summed E-state index contributed by atoms with van der Waals surface area (Å²) in [6.07, 6.45) is 3.69. The number of rotatable bonds is 6. The van der Waals surface area contributed by atoms with E-state index < -0.39 is 0 Å². The topological polar surface area (TPSA) is 77.3 Å². The van der Waals surface area contributed by atoms with Gasteiger partial charge in [-0.05, 0) is 47.9 Å². The summed E-state index contributed by atoms with van der Waals surface area (Å²) in [6.45, 7) is 2.01. The van der Waals surface area contributed by atoms with Gasteiger partial charge in [-0.3, -0.25) is 9.97 Å². The van der Waals surface area contributed by atoms with Gasteiger partial charge < -0.3 is 0 Å². The third-order valence-electron chi connectivity index (χ3n) is 9.08. The van der Waals surface area contributed by atoms with Gasteiger partial charge in [0.15, 0.2) is 17.5 Å². The van der Waals surface area contributed by atoms with E-state index in [9.17, 15) is 0 Å². The lowest BCUT2D eigenvalue weighted by Crippen LogP contribution is -2.00. The summed E-state index contributed by atoms with van der Waals surface area (Å²) < 4.78 is 0. The minimum atomic E-state index is 0.587. The SMILES string of the molecule is Cc1ccc2ccc3c(-c4cccnc4)cc(-c4cccc(-c5nc(-c6ccccc6)nc(-c6ccc(-c7ccccc7)cc6)n5)c4)nc3c2n1. The predicted molar refractivity (Wildman–Crippen MR) is 206 cm³/mol. The van der Waals surface area contributed by atoms with Crippen LogP contribution in [0.15, 0.2) is 164 Å². The Morgan fingerprint density at radius 3 is 1.71 bits per heavy atom. The summed E-state index contributed by atoms with van der Waals surface area (Å²) in [5.74, 6) is 1.81. The van der Waals surface area contributed by atoms with Crippen molar-refractivity contribution in [1.29, 1.82) is 0 Å². The van der Waals surface area contributed by atoms with Gasteiger partial charge >= 0.3 is 0 Å². The maximum absolute atomic E-state index is 5.26. The smallest absolute Gasteiger partial charge is 0.164 e. The van der Waals surface area contributed by atoms with Crippen LogP contribution in [0.25, 0.3) is 89.5 Å². The highest BCUT2D eigenvalue weighted by molar-refractivity contribution is 6.09. The zero-order valence-electron chi connectivity index (χ0n) is 27.8. The molecule has 0 radical (unpaired) electrons. The van der Waals surface area contributed by atoms with E-state index in [0.29, 0.717) is 17.5 Å². The van der Waals surface area contributed by atoms with Crippen molar-refractivity contribution in [2.24, 2.45) is 0 Å². The number of fused-ring (bicyclic) bond motifs is 3. The van der Waals surface area contributed by atoms with E-state index in [1.165, 1.54) is 0 Å². The van der Waals surface area contributed by atoms with Gasteiger partial charge in [0.1, 0.15) is 0 Å². The number of aryl methyl sites for hydroxylation is 1. The van der Waals surface area contributed by atoms with Crippen molar-refractivity contribution < 1.29 is 0 Å². The van der Waals surface area contributed by atoms with Crippen LogP contribution in [-0.4, -0.2) is 29.9 Å². The van der Waals surface area contributed by atoms with E-state index in [-0.39, 0.29) is 0 Å². The van der Waals surface area contributed by atoms with Gasteiger partial charge in [-0.1, -0.05) is 127 Å². The largest absolute Gasteiger partial charge is 0.264 e. The Balaban J connectivity index is 1.19. The minimum Gasteiger partial charge on any atom is -0.264 e. The standard InChI is InChI=1S/C45H30N6/c1-29-17-18-32-23-24-38-39(37-16-9-25-46-28-37)27-40(48-42(38)41(32)47-29)35-14-8-15-36(26-35)45-50-43(33-12-6-3-7-13-33)49-44(51-45)34-21-19-31(20-22-34)30-10-4-2-5-11-30/h2-28H,1H3. The summed E-state index contributed by atoms with van der Waals surface area (Å²) in [7, 11) is 0. The first kappa shape index (κ1) is 30.2. The Hall–Kier alpha value is -6.92. The lowest BCUT2D eigenvalue weighted by molar-refractivity contribution is 1.07. The Bertz CT molecular complexity index is 2680. The molecule has 0 amide bonds. The highest BCUT2D eigenvalue weighted by Gasteiger charge is 2.16. The van der Waals surface area contributed by atoms with Gasteiger partial charge in [-0.15, -0.1) is 0 Å². The van der Waals surface area contributed by atoms with Crippen molar-refractivity contribution in [1.82, 2.24) is 29.9 Å². The first-order valence-electron chi connectivity index (χ1n) is 16.9. The van der Waals surface area contributed by atoms with Crippen LogP contribution in [0.5, 0.6) is 0 Å². The quantitative estimate of drug-likeness (QED) is 0.166. The third-order valence-corrected chi connectivity index (χ3v) is 9.08. The number of aromatic nitrogens is 6. The van der Waals surface area contributed by atoms with E-state index in [2.05, 4.69) is 96.0 Å². The average molecular weight is 655 g/mol. The second-order valence-electron chi connectivity index (χ2n) is 12.5. The van der Waals surface area contributed by atoms with Gasteiger partial charge in [0.25, 0.3) is 0 Å². The highest BCUT2D eigenvalue weighted by Crippen LogP contribution is 2.36. The maximum Gasteiger partial charge on any atom is 0.164 e. The van der Waals surface area contributed by atoms with Crippen molar-refractivity contribution >= 4 is 21.8 Å². The van der Waals surface area contributed by atoms with Crippen LogP contribution < -0.4 is 0 Å². The van der Waals surface area contributed by atoms with Crippen molar-refractivity contribution in [2.45, 2.75) is 6.92 Å². The molecule has 6 nitrogen and oxygen atoms in total. The number of hydrogen-bond acceptors (Lipinski definition) is 6. The van der Waals surface area contributed by atoms with Crippen molar-refractivity contribution in [2.75, 3.05) is 0 Å². The first-order valence-corrected chi connectivity index (χ1v) is 16.9. The zero-order valence-corrected chi connectivity index (χ0v) is 27.8. The van der Waals surface area contributed by atoms with Gasteiger partial charge in [0, 0.05) is 56.7 Å². The molecule has 0 saturated carbocycles. The normalized spacial score (nSPS) is 11.2. The maximum atomic E-state index is 5.26. The highest BCUT2D eigenvalue weighted by atomic mass is 15.0. The lowest BCUT2D eigenvalue weighted by Gasteiger charge is -2.13. The Morgan fingerprint density at radius 2 is 0.980 bits per heavy atom. The molecule has 0 aliphatic heterocycles. The molecule has 9 aromatic rings. The Labute approximate surface area is 295 Å². The fraction of sp³-hybridized carbons (Fsp3) is 0.0222. The molecule has 0 unspecified atom stereocenters. The fourth-order valence-electron chi connectivity index (χ4n) is 6.49. The molecule has 0 N–H and O–H groups in total. The molecule has 0 aliphatic carbocycles. The van der Waals surface area contributed by atoms with Gasteiger partial charge in [0.05, 0.1) is 16.7 Å². The monoisotopic (exact) mass is 654 g/mol. The molecule has 6 heteroatoms. The van der Waals surface area contributed by atoms with Crippen LogP contribution in [0, 0.1) is 6.92 Å². The van der Waals surface area contributed by atoms with E-state index in [0.717, 1.165) is 77.7 Å². The van der Waals surface area contributed by atoms with Crippen LogP contribution >= 0.6 is 0 Å². The van der Waals surface area contributed by atoms with Crippen molar-refractivity contribution in [3.05, 3.63) is 170 Å². The number of pyridine rings is 3. The summed E-state index contributed by atoms with van der Waals surface area (Å²) in [4.78, 5) is 29.6. The second-order valence-corrected chi connectivity index (χ2v) is 12.5. The molecule has 0 bridgehead atoms. The molecule has 240 valence electrons. The molecule has 0 aliphatic rings. The van der Waals surface area contributed by atoms with Crippen LogP contribution in [0.3, 0.4) is 0 Å². The molecule has 0 fully saturated rings. The molecular formula is C45H30N6. The van der Waals surface area contributed by atoms with E-state index in [4.69, 9.17) is 24.9 Å². The molecular weight excluding hydrogens is 625 g/mol. The molecule has 0 spiro atoms. The molecule has 4 aromatic heterocycles. The van der Waals surface area contributed by atoms with Crippen molar-refractivity contribution in [3.63, 3.8) is 0 Å². The third kappa shape index (κ3) is 5.89. The molecule has 0 atom stereocenters. The zero-order chi connectivity index (χ0) is 34.1. The van der Waals surface area contributed by atoms with Gasteiger partial charge in [0.2, 0.25) is 0 Å². The fourth-order valence-corrected chi connectivity index (χ4v) is 6.49. The lowest BCUT2D eigenvalue weighted by atomic mass is 9.97. The average Bonchev–Trinajstić information content (AvgIpc) is 3.21. The summed E-state index contributed by atoms with van der Waals surface area (Å²) in [5.41, 5.74) is 11.5. The molecule has 9 rings (SSSR count). The van der Waals surface area contributed by atoms with E-state index >= 15 is 0 Å². The number of nitrogens with zero attached hydrogens (tertiary/aromatic N) is 6. The van der Waals surface area contributed by atoms with E-state index in [1.54, 1.807) is 6.20 Å². The summed E-state index contributed by atoms with van der Waals surface area (Å²) in [5, 5.41) is 2.08. The minimum absolute atomic E-state index is 0.587. The van der Waals surface area contributed by atoms with Crippen LogP contribution in [0.4, 0.5) is 0 Å². The first-order chi connectivity index (χ1) is 25.2. The summed E-state index contributed by atoms with van der Waals surface area (Å²) in [6, 6.07) is 51.6. The second kappa shape index (κ2) is 12.8. The van der Waals surface area contributed by atoms with Gasteiger partial charge in [-0.2, -0.15) is 0 Å². The summed E-state index contributed by atoms with van der Waals surface area (Å²) >= 11 is 0. The van der Waals surface area contributed by atoms with Crippen molar-refractivity contribution in [3.8, 4) is 67.7 Å². The Kier molecular flexibility index (Phi) is 7.59. The number of benzene rings is 5. The molecule has 4 heterocycles. The Morgan fingerprint density at radius 1 is 0.392 bits per heavy atom. The molecule has 0 saturated heterocycles. The number of hydrogen-bond donors (Lipinski definition) is 0. The van der Waals surface area contributed by atoms with E-state index in [1.807, 2.05) is 73.8 Å². The predicted octanol–water partition coefficient (Wildman–Crippen LogP) is 10.7. The van der Waals surface area contributed by atoms with Crippen LogP contribution in [0.1, 0.15) is 5.69 Å². The van der Waals surface area contributed by atoms with Crippen LogP contribution in [-0.2, 0) is 0 Å². The van der Waals surface area contributed by atoms with Crippen LogP contribution in [0.2, 0.25) is 0 Å².